The van der Waals surface area contributed by atoms with Crippen LogP contribution in [0, 0.1) is 0 Å². The zero-order chi connectivity index (χ0) is 10.6. The Bertz CT molecular complexity index is 373. The summed E-state index contributed by atoms with van der Waals surface area (Å²) in [7, 11) is 0. The van der Waals surface area contributed by atoms with Gasteiger partial charge in [0.05, 0.1) is 0 Å². The maximum atomic E-state index is 8.63. The van der Waals surface area contributed by atoms with Crippen LogP contribution in [-0.2, 0) is 0 Å². The molecule has 1 aromatic carbocycles. The van der Waals surface area contributed by atoms with E-state index in [4.69, 9.17) is 27.7 Å². The van der Waals surface area contributed by atoms with Crippen molar-refractivity contribution < 1.29 is 10.4 Å². The highest BCUT2D eigenvalue weighted by molar-refractivity contribution is 6.46. The second-order valence-electron chi connectivity index (χ2n) is 2.44. The number of oxime groups is 2. The molecule has 0 spiro atoms. The van der Waals surface area contributed by atoms with Crippen molar-refractivity contribution in [3.05, 3.63) is 34.9 Å². The number of nitrogens with two attached hydrogens (primary N) is 1. The molecule has 0 fully saturated rings. The quantitative estimate of drug-likeness (QED) is 0.299. The van der Waals surface area contributed by atoms with Crippen molar-refractivity contribution in [3.8, 4) is 0 Å². The summed E-state index contributed by atoms with van der Waals surface area (Å²) in [5, 5.41) is 23.2. The average molecular weight is 214 g/mol. The predicted molar refractivity (Wildman–Crippen MR) is 53.2 cm³/mol. The van der Waals surface area contributed by atoms with Crippen molar-refractivity contribution >= 4 is 23.1 Å². The van der Waals surface area contributed by atoms with Crippen LogP contribution in [-0.4, -0.2) is 22.0 Å². The van der Waals surface area contributed by atoms with Crippen LogP contribution in [0.2, 0.25) is 5.02 Å². The van der Waals surface area contributed by atoms with E-state index in [1.165, 1.54) is 0 Å². The van der Waals surface area contributed by atoms with E-state index in [2.05, 4.69) is 10.3 Å². The fourth-order valence-corrected chi connectivity index (χ4v) is 1.04. The van der Waals surface area contributed by atoms with E-state index < -0.39 is 0 Å². The van der Waals surface area contributed by atoms with Gasteiger partial charge in [0.2, 0.25) is 0 Å². The van der Waals surface area contributed by atoms with E-state index in [1.807, 2.05) is 0 Å². The summed E-state index contributed by atoms with van der Waals surface area (Å²) < 4.78 is 0. The van der Waals surface area contributed by atoms with Gasteiger partial charge in [0, 0.05) is 10.6 Å². The summed E-state index contributed by atoms with van der Waals surface area (Å²) in [6, 6.07) is 6.39. The number of rotatable bonds is 2. The molecule has 14 heavy (non-hydrogen) atoms. The summed E-state index contributed by atoms with van der Waals surface area (Å²) in [6.07, 6.45) is 0. The van der Waals surface area contributed by atoms with Gasteiger partial charge in [0.1, 0.15) is 0 Å². The Kier molecular flexibility index (Phi) is 3.30. The maximum absolute atomic E-state index is 8.63. The third-order valence-electron chi connectivity index (χ3n) is 1.57. The van der Waals surface area contributed by atoms with Gasteiger partial charge in [-0.1, -0.05) is 34.0 Å². The second-order valence-corrected chi connectivity index (χ2v) is 2.88. The van der Waals surface area contributed by atoms with Gasteiger partial charge in [-0.2, -0.15) is 0 Å². The van der Waals surface area contributed by atoms with Crippen LogP contribution < -0.4 is 5.73 Å². The van der Waals surface area contributed by atoms with E-state index >= 15 is 0 Å². The molecule has 0 aliphatic rings. The molecule has 0 atom stereocenters. The Labute approximate surface area is 85.1 Å². The second kappa shape index (κ2) is 4.48. The lowest BCUT2D eigenvalue weighted by molar-refractivity contribution is 0.314. The van der Waals surface area contributed by atoms with Crippen LogP contribution in [0.25, 0.3) is 0 Å². The van der Waals surface area contributed by atoms with Crippen LogP contribution in [0.1, 0.15) is 5.56 Å². The first-order chi connectivity index (χ1) is 6.69. The van der Waals surface area contributed by atoms with E-state index in [0.717, 1.165) is 0 Å². The minimum Gasteiger partial charge on any atom is -0.410 e. The zero-order valence-electron chi connectivity index (χ0n) is 7.05. The summed E-state index contributed by atoms with van der Waals surface area (Å²) in [5.74, 6) is -0.269. The molecule has 1 aromatic rings. The third kappa shape index (κ3) is 2.14. The molecule has 0 aliphatic carbocycles. The van der Waals surface area contributed by atoms with Gasteiger partial charge in [-0.05, 0) is 12.1 Å². The molecule has 0 aliphatic heterocycles. The van der Waals surface area contributed by atoms with E-state index in [-0.39, 0.29) is 11.5 Å². The molecule has 5 nitrogen and oxygen atoms in total. The molecule has 4 N–H and O–H groups in total. The average Bonchev–Trinajstić information content (AvgIpc) is 2.21. The monoisotopic (exact) mass is 213 g/mol. The Balaban J connectivity index is 3.09. The van der Waals surface area contributed by atoms with Crippen LogP contribution in [0.3, 0.4) is 0 Å². The smallest absolute Gasteiger partial charge is 0.192 e. The first-order valence-electron chi connectivity index (χ1n) is 3.65. The van der Waals surface area contributed by atoms with Gasteiger partial charge >= 0.3 is 0 Å². The minimum absolute atomic E-state index is 0.0100. The molecule has 0 saturated heterocycles. The molecule has 0 heterocycles. The normalized spacial score (nSPS) is 12.9. The summed E-state index contributed by atoms with van der Waals surface area (Å²) >= 11 is 5.66. The summed E-state index contributed by atoms with van der Waals surface area (Å²) in [5.41, 5.74) is 5.77. The number of amidine groups is 1. The molecule has 0 amide bonds. The molecule has 6 heteroatoms. The Morgan fingerprint density at radius 2 is 1.71 bits per heavy atom. The minimum atomic E-state index is -0.269. The molecule has 1 rings (SSSR count). The summed E-state index contributed by atoms with van der Waals surface area (Å²) in [4.78, 5) is 0. The number of benzene rings is 1. The highest BCUT2D eigenvalue weighted by Crippen LogP contribution is 2.10. The molecule has 0 radical (unpaired) electrons. The van der Waals surface area contributed by atoms with Crippen LogP contribution in [0.15, 0.2) is 34.6 Å². The first-order valence-corrected chi connectivity index (χ1v) is 4.02. The van der Waals surface area contributed by atoms with Crippen LogP contribution in [0.4, 0.5) is 0 Å². The van der Waals surface area contributed by atoms with Crippen molar-refractivity contribution in [2.75, 3.05) is 0 Å². The fourth-order valence-electron chi connectivity index (χ4n) is 0.912. The van der Waals surface area contributed by atoms with E-state index in [0.29, 0.717) is 10.6 Å². The molecular weight excluding hydrogens is 206 g/mol. The highest BCUT2D eigenvalue weighted by Gasteiger charge is 2.09. The van der Waals surface area contributed by atoms with Crippen molar-refractivity contribution in [2.24, 2.45) is 16.0 Å². The number of hydrogen-bond donors (Lipinski definition) is 3. The summed E-state index contributed by atoms with van der Waals surface area (Å²) in [6.45, 7) is 0. The lowest BCUT2D eigenvalue weighted by atomic mass is 10.1. The topological polar surface area (TPSA) is 91.2 Å². The number of halogens is 1. The van der Waals surface area contributed by atoms with Crippen LogP contribution in [0.5, 0.6) is 0 Å². The van der Waals surface area contributed by atoms with Crippen molar-refractivity contribution in [1.82, 2.24) is 0 Å². The van der Waals surface area contributed by atoms with E-state index in [9.17, 15) is 0 Å². The fraction of sp³-hybridized carbons (Fsp3) is 0. The molecule has 0 aromatic heterocycles. The predicted octanol–water partition coefficient (Wildman–Crippen LogP) is 1.26. The van der Waals surface area contributed by atoms with Crippen molar-refractivity contribution in [1.29, 1.82) is 0 Å². The Morgan fingerprint density at radius 1 is 1.14 bits per heavy atom. The lowest BCUT2D eigenvalue weighted by Gasteiger charge is -2.01. The zero-order valence-corrected chi connectivity index (χ0v) is 7.81. The molecule has 0 saturated carbocycles. The lowest BCUT2D eigenvalue weighted by Crippen LogP contribution is -2.24. The molecule has 0 unspecified atom stereocenters. The van der Waals surface area contributed by atoms with Gasteiger partial charge in [0.25, 0.3) is 0 Å². The first kappa shape index (κ1) is 10.3. The van der Waals surface area contributed by atoms with Gasteiger partial charge in [-0.25, -0.2) is 0 Å². The van der Waals surface area contributed by atoms with Crippen molar-refractivity contribution in [3.63, 3.8) is 0 Å². The van der Waals surface area contributed by atoms with Gasteiger partial charge < -0.3 is 16.1 Å². The molecule has 74 valence electrons. The van der Waals surface area contributed by atoms with E-state index in [1.54, 1.807) is 24.3 Å². The van der Waals surface area contributed by atoms with Crippen LogP contribution >= 0.6 is 11.6 Å². The largest absolute Gasteiger partial charge is 0.410 e. The Morgan fingerprint density at radius 3 is 2.14 bits per heavy atom. The standard InChI is InChI=1S/C8H8ClN3O2/c9-6-3-1-5(2-4-6)7(11-13)8(10)12-14/h1-4,13-14H,(H2,10,12)/b11-7-. The molecule has 0 bridgehead atoms. The van der Waals surface area contributed by atoms with Crippen molar-refractivity contribution in [2.45, 2.75) is 0 Å². The highest BCUT2D eigenvalue weighted by atomic mass is 35.5. The third-order valence-corrected chi connectivity index (χ3v) is 1.82. The van der Waals surface area contributed by atoms with Gasteiger partial charge in [0.15, 0.2) is 11.5 Å². The SMILES string of the molecule is NC(=N\O)/C(=N\O)c1ccc(Cl)cc1. The maximum Gasteiger partial charge on any atom is 0.192 e. The Hall–Kier alpha value is -1.75. The number of nitrogens with zero attached hydrogens (tertiary/aromatic N) is 2. The van der Waals surface area contributed by atoms with Gasteiger partial charge in [-0.15, -0.1) is 0 Å². The van der Waals surface area contributed by atoms with Gasteiger partial charge in [-0.3, -0.25) is 0 Å². The molecular formula is C8H8ClN3O2. The number of hydrogen-bond acceptors (Lipinski definition) is 4.